The first-order valence-corrected chi connectivity index (χ1v) is 11.2. The van der Waals surface area contributed by atoms with E-state index < -0.39 is 5.25 Å². The van der Waals surface area contributed by atoms with Crippen molar-refractivity contribution in [1.29, 1.82) is 0 Å². The van der Waals surface area contributed by atoms with Crippen LogP contribution in [0.25, 0.3) is 10.2 Å². The fourth-order valence-corrected chi connectivity index (χ4v) is 5.76. The number of aryl methyl sites for hydroxylation is 2. The maximum Gasteiger partial charge on any atom is 0.260 e. The lowest BCUT2D eigenvalue weighted by Crippen LogP contribution is -2.23. The van der Waals surface area contributed by atoms with Crippen LogP contribution >= 0.6 is 23.1 Å². The number of aromatic nitrogens is 2. The molecule has 9 heteroatoms. The molecular formula is C20H19N3O4S2. The number of thiophene rings is 1. The number of nitrogens with zero attached hydrogens (tertiary/aromatic N) is 1. The summed E-state index contributed by atoms with van der Waals surface area (Å²) in [4.78, 5) is 34.8. The third-order valence-electron chi connectivity index (χ3n) is 5.10. The van der Waals surface area contributed by atoms with Gasteiger partial charge in [-0.3, -0.25) is 9.59 Å². The number of benzene rings is 1. The number of H-pyrrole nitrogens is 1. The molecule has 3 heterocycles. The zero-order chi connectivity index (χ0) is 20.0. The third kappa shape index (κ3) is 3.49. The van der Waals surface area contributed by atoms with Gasteiger partial charge >= 0.3 is 0 Å². The van der Waals surface area contributed by atoms with Gasteiger partial charge in [0.25, 0.3) is 5.56 Å². The van der Waals surface area contributed by atoms with Gasteiger partial charge in [-0.2, -0.15) is 0 Å². The molecule has 0 radical (unpaired) electrons. The van der Waals surface area contributed by atoms with Crippen molar-refractivity contribution in [3.05, 3.63) is 39.0 Å². The van der Waals surface area contributed by atoms with E-state index in [4.69, 9.17) is 9.47 Å². The molecule has 1 aromatic carbocycles. The topological polar surface area (TPSA) is 93.3 Å². The highest BCUT2D eigenvalue weighted by Crippen LogP contribution is 2.36. The lowest BCUT2D eigenvalue weighted by molar-refractivity contribution is -0.115. The van der Waals surface area contributed by atoms with Gasteiger partial charge in [0.2, 0.25) is 12.7 Å². The summed E-state index contributed by atoms with van der Waals surface area (Å²) in [6.45, 7) is 1.98. The monoisotopic (exact) mass is 429 g/mol. The van der Waals surface area contributed by atoms with Gasteiger partial charge in [-0.25, -0.2) is 4.98 Å². The summed E-state index contributed by atoms with van der Waals surface area (Å²) < 4.78 is 10.6. The lowest BCUT2D eigenvalue weighted by atomic mass is 9.97. The van der Waals surface area contributed by atoms with Crippen LogP contribution in [0.5, 0.6) is 11.5 Å². The van der Waals surface area contributed by atoms with Gasteiger partial charge in [0.05, 0.1) is 10.6 Å². The Balaban J connectivity index is 1.33. The number of carbonyl (C=O) groups is 1. The van der Waals surface area contributed by atoms with E-state index in [1.165, 1.54) is 16.6 Å². The second-order valence-electron chi connectivity index (χ2n) is 7.08. The van der Waals surface area contributed by atoms with Crippen LogP contribution in [0.2, 0.25) is 0 Å². The number of rotatable bonds is 4. The second kappa shape index (κ2) is 7.38. The van der Waals surface area contributed by atoms with Crippen molar-refractivity contribution in [2.24, 2.45) is 0 Å². The molecule has 0 saturated heterocycles. The first-order valence-electron chi connectivity index (χ1n) is 9.50. The Morgan fingerprint density at radius 1 is 1.28 bits per heavy atom. The minimum Gasteiger partial charge on any atom is -0.454 e. The zero-order valence-electron chi connectivity index (χ0n) is 15.7. The molecule has 2 aliphatic rings. The molecule has 0 unspecified atom stereocenters. The van der Waals surface area contributed by atoms with Gasteiger partial charge in [0.1, 0.15) is 4.83 Å². The highest BCUT2D eigenvalue weighted by Gasteiger charge is 2.22. The maximum atomic E-state index is 12.7. The van der Waals surface area contributed by atoms with E-state index in [1.807, 2.05) is 0 Å². The molecule has 150 valence electrons. The summed E-state index contributed by atoms with van der Waals surface area (Å²) in [7, 11) is 0. The maximum absolute atomic E-state index is 12.7. The van der Waals surface area contributed by atoms with Crippen LogP contribution in [-0.4, -0.2) is 27.9 Å². The molecule has 1 atom stereocenters. The number of fused-ring (bicyclic) bond motifs is 4. The number of carbonyl (C=O) groups excluding carboxylic acids is 1. The first kappa shape index (κ1) is 18.5. The van der Waals surface area contributed by atoms with Gasteiger partial charge in [0.15, 0.2) is 16.7 Å². The largest absolute Gasteiger partial charge is 0.454 e. The standard InChI is InChI=1S/C20H19N3O4S2/c1-10(17(24)21-11-6-7-13-14(8-11)27-9-26-13)28-20-22-18(25)16-12-4-2-3-5-15(12)29-19(16)23-20/h6-8,10H,2-5,9H2,1H3,(H,21,24)(H,22,23,25)/t10-/m1/s1. The van der Waals surface area contributed by atoms with Crippen molar-refractivity contribution in [2.75, 3.05) is 12.1 Å². The normalized spacial score (nSPS) is 15.9. The Labute approximate surface area is 174 Å². The van der Waals surface area contributed by atoms with Crippen molar-refractivity contribution < 1.29 is 14.3 Å². The number of anilines is 1. The fraction of sp³-hybridized carbons (Fsp3) is 0.350. The van der Waals surface area contributed by atoms with E-state index in [0.717, 1.165) is 41.5 Å². The minimum absolute atomic E-state index is 0.111. The summed E-state index contributed by atoms with van der Waals surface area (Å²) in [5, 5.41) is 3.63. The van der Waals surface area contributed by atoms with Gasteiger partial charge in [-0.05, 0) is 50.3 Å². The molecule has 3 aromatic rings. The fourth-order valence-electron chi connectivity index (χ4n) is 3.64. The van der Waals surface area contributed by atoms with E-state index in [1.54, 1.807) is 36.5 Å². The SMILES string of the molecule is C[C@@H](Sc1nc2sc3c(c2c(=O)[nH]1)CCCC3)C(=O)Nc1ccc2c(c1)OCO2. The summed E-state index contributed by atoms with van der Waals surface area (Å²) in [5.74, 6) is 1.10. The Hall–Kier alpha value is -2.52. The van der Waals surface area contributed by atoms with Gasteiger partial charge in [-0.1, -0.05) is 11.8 Å². The number of amides is 1. The van der Waals surface area contributed by atoms with Crippen LogP contribution in [0.1, 0.15) is 30.2 Å². The number of hydrogen-bond acceptors (Lipinski definition) is 7. The van der Waals surface area contributed by atoms with Crippen molar-refractivity contribution in [3.63, 3.8) is 0 Å². The predicted molar refractivity (Wildman–Crippen MR) is 113 cm³/mol. The molecule has 1 amide bonds. The smallest absolute Gasteiger partial charge is 0.260 e. The van der Waals surface area contributed by atoms with E-state index >= 15 is 0 Å². The van der Waals surface area contributed by atoms with Crippen LogP contribution in [0.4, 0.5) is 5.69 Å². The summed E-state index contributed by atoms with van der Waals surface area (Å²) in [5.41, 5.74) is 1.69. The summed E-state index contributed by atoms with van der Waals surface area (Å²) in [6, 6.07) is 5.27. The Kier molecular flexibility index (Phi) is 4.71. The molecule has 5 rings (SSSR count). The Morgan fingerprint density at radius 3 is 3.00 bits per heavy atom. The third-order valence-corrected chi connectivity index (χ3v) is 7.27. The molecule has 1 aliphatic carbocycles. The second-order valence-corrected chi connectivity index (χ2v) is 9.49. The van der Waals surface area contributed by atoms with Crippen LogP contribution in [-0.2, 0) is 17.6 Å². The Morgan fingerprint density at radius 2 is 2.10 bits per heavy atom. The highest BCUT2D eigenvalue weighted by molar-refractivity contribution is 8.00. The predicted octanol–water partition coefficient (Wildman–Crippen LogP) is 3.71. The van der Waals surface area contributed by atoms with Gasteiger partial charge in [-0.15, -0.1) is 11.3 Å². The molecule has 1 aliphatic heterocycles. The Bertz CT molecular complexity index is 1170. The van der Waals surface area contributed by atoms with Crippen molar-refractivity contribution in [1.82, 2.24) is 9.97 Å². The van der Waals surface area contributed by atoms with Crippen LogP contribution in [0.15, 0.2) is 28.2 Å². The molecule has 0 fully saturated rings. The molecule has 7 nitrogen and oxygen atoms in total. The van der Waals surface area contributed by atoms with Crippen LogP contribution in [0.3, 0.4) is 0 Å². The van der Waals surface area contributed by atoms with Crippen molar-refractivity contribution >= 4 is 44.9 Å². The van der Waals surface area contributed by atoms with E-state index in [2.05, 4.69) is 15.3 Å². The van der Waals surface area contributed by atoms with Gasteiger partial charge in [0, 0.05) is 16.6 Å². The molecule has 0 saturated carbocycles. The molecule has 29 heavy (non-hydrogen) atoms. The average molecular weight is 430 g/mol. The summed E-state index contributed by atoms with van der Waals surface area (Å²) >= 11 is 2.85. The number of nitrogens with one attached hydrogen (secondary N) is 2. The summed E-state index contributed by atoms with van der Waals surface area (Å²) in [6.07, 6.45) is 4.25. The van der Waals surface area contributed by atoms with E-state index in [0.29, 0.717) is 22.3 Å². The molecular weight excluding hydrogens is 410 g/mol. The van der Waals surface area contributed by atoms with Crippen LogP contribution in [0, 0.1) is 0 Å². The highest BCUT2D eigenvalue weighted by atomic mass is 32.2. The number of hydrogen-bond donors (Lipinski definition) is 2. The lowest BCUT2D eigenvalue weighted by Gasteiger charge is -2.12. The molecule has 0 spiro atoms. The quantitative estimate of drug-likeness (QED) is 0.485. The molecule has 2 aromatic heterocycles. The van der Waals surface area contributed by atoms with Crippen molar-refractivity contribution in [3.8, 4) is 11.5 Å². The van der Waals surface area contributed by atoms with E-state index in [-0.39, 0.29) is 18.3 Å². The number of ether oxygens (including phenoxy) is 2. The minimum atomic E-state index is -0.435. The van der Waals surface area contributed by atoms with E-state index in [9.17, 15) is 9.59 Å². The van der Waals surface area contributed by atoms with Crippen LogP contribution < -0.4 is 20.3 Å². The first-order chi connectivity index (χ1) is 14.1. The zero-order valence-corrected chi connectivity index (χ0v) is 17.4. The molecule has 0 bridgehead atoms. The van der Waals surface area contributed by atoms with Crippen molar-refractivity contribution in [2.45, 2.75) is 43.0 Å². The van der Waals surface area contributed by atoms with Gasteiger partial charge < -0.3 is 19.8 Å². The average Bonchev–Trinajstić information content (AvgIpc) is 3.31. The number of thioether (sulfide) groups is 1. The molecule has 2 N–H and O–H groups in total. The number of aromatic amines is 1.